The topological polar surface area (TPSA) is 46.1 Å². The van der Waals surface area contributed by atoms with E-state index in [2.05, 4.69) is 9.97 Å². The monoisotopic (exact) mass is 251 g/mol. The van der Waals surface area contributed by atoms with Gasteiger partial charge in [0, 0.05) is 18.5 Å². The van der Waals surface area contributed by atoms with Crippen molar-refractivity contribution in [2.24, 2.45) is 11.3 Å². The summed E-state index contributed by atoms with van der Waals surface area (Å²) in [6, 6.07) is 0. The minimum absolute atomic E-state index is 0.203. The Balaban J connectivity index is 2.09. The standard InChI is InChI=1S/C13H18FN3O/c1-9(18)13(2,3)10-4-5-17(8-10)12-15-6-11(14)7-16-12/h6-7,10H,4-5,8H2,1-3H3. The summed E-state index contributed by atoms with van der Waals surface area (Å²) in [5.41, 5.74) is -0.325. The smallest absolute Gasteiger partial charge is 0.225 e. The molecule has 5 heteroatoms. The van der Waals surface area contributed by atoms with E-state index in [0.717, 1.165) is 19.5 Å². The minimum Gasteiger partial charge on any atom is -0.341 e. The van der Waals surface area contributed by atoms with Crippen LogP contribution in [0.5, 0.6) is 0 Å². The maximum Gasteiger partial charge on any atom is 0.225 e. The summed E-state index contributed by atoms with van der Waals surface area (Å²) in [5.74, 6) is 0.606. The second-order valence-electron chi connectivity index (χ2n) is 5.41. The van der Waals surface area contributed by atoms with Crippen molar-refractivity contribution in [3.8, 4) is 0 Å². The predicted molar refractivity (Wildman–Crippen MR) is 66.8 cm³/mol. The Morgan fingerprint density at radius 2 is 2.06 bits per heavy atom. The number of halogens is 1. The van der Waals surface area contributed by atoms with E-state index in [-0.39, 0.29) is 11.2 Å². The van der Waals surface area contributed by atoms with E-state index in [1.54, 1.807) is 6.92 Å². The van der Waals surface area contributed by atoms with Crippen LogP contribution in [0.3, 0.4) is 0 Å². The second-order valence-corrected chi connectivity index (χ2v) is 5.41. The van der Waals surface area contributed by atoms with E-state index < -0.39 is 5.82 Å². The molecule has 1 atom stereocenters. The summed E-state index contributed by atoms with van der Waals surface area (Å²) < 4.78 is 12.8. The van der Waals surface area contributed by atoms with Gasteiger partial charge >= 0.3 is 0 Å². The zero-order chi connectivity index (χ0) is 13.3. The van der Waals surface area contributed by atoms with Crippen LogP contribution in [0.1, 0.15) is 27.2 Å². The van der Waals surface area contributed by atoms with Gasteiger partial charge in [-0.25, -0.2) is 14.4 Å². The number of rotatable bonds is 3. The van der Waals surface area contributed by atoms with Gasteiger partial charge in [-0.1, -0.05) is 13.8 Å². The predicted octanol–water partition coefficient (Wildman–Crippen LogP) is 2.06. The number of hydrogen-bond acceptors (Lipinski definition) is 4. The number of ketones is 1. The summed E-state index contributed by atoms with van der Waals surface area (Å²) in [7, 11) is 0. The lowest BCUT2D eigenvalue weighted by molar-refractivity contribution is -0.127. The van der Waals surface area contributed by atoms with Gasteiger partial charge in [0.25, 0.3) is 0 Å². The summed E-state index contributed by atoms with van der Waals surface area (Å²) in [4.78, 5) is 21.6. The maximum absolute atomic E-state index is 12.8. The van der Waals surface area contributed by atoms with Crippen molar-refractivity contribution in [2.45, 2.75) is 27.2 Å². The number of hydrogen-bond donors (Lipinski definition) is 0. The Bertz CT molecular complexity index is 444. The van der Waals surface area contributed by atoms with Crippen LogP contribution >= 0.6 is 0 Å². The van der Waals surface area contributed by atoms with Crippen LogP contribution in [0.2, 0.25) is 0 Å². The summed E-state index contributed by atoms with van der Waals surface area (Å²) in [6.45, 7) is 7.16. The van der Waals surface area contributed by atoms with E-state index in [4.69, 9.17) is 0 Å². The molecular formula is C13H18FN3O. The third-order valence-electron chi connectivity index (χ3n) is 4.01. The SMILES string of the molecule is CC(=O)C(C)(C)C1CCN(c2ncc(F)cn2)C1. The van der Waals surface area contributed by atoms with Crippen LogP contribution in [-0.4, -0.2) is 28.8 Å². The highest BCUT2D eigenvalue weighted by Gasteiger charge is 2.38. The quantitative estimate of drug-likeness (QED) is 0.825. The molecule has 1 aromatic heterocycles. The summed E-state index contributed by atoms with van der Waals surface area (Å²) in [6.07, 6.45) is 3.28. The second kappa shape index (κ2) is 4.63. The van der Waals surface area contributed by atoms with E-state index in [1.165, 1.54) is 12.4 Å². The number of carbonyl (C=O) groups is 1. The number of Topliss-reactive ketones (excluding diaryl/α,β-unsaturated/α-hetero) is 1. The summed E-state index contributed by atoms with van der Waals surface area (Å²) in [5, 5.41) is 0. The Morgan fingerprint density at radius 1 is 1.44 bits per heavy atom. The molecule has 0 bridgehead atoms. The average molecular weight is 251 g/mol. The lowest BCUT2D eigenvalue weighted by atomic mass is 9.75. The molecule has 1 saturated heterocycles. The zero-order valence-electron chi connectivity index (χ0n) is 11.0. The number of nitrogens with zero attached hydrogens (tertiary/aromatic N) is 3. The van der Waals surface area contributed by atoms with Crippen molar-refractivity contribution >= 4 is 11.7 Å². The molecule has 4 nitrogen and oxygen atoms in total. The highest BCUT2D eigenvalue weighted by Crippen LogP contribution is 2.35. The van der Waals surface area contributed by atoms with Crippen molar-refractivity contribution in [2.75, 3.05) is 18.0 Å². The molecule has 0 N–H and O–H groups in total. The first kappa shape index (κ1) is 12.9. The fraction of sp³-hybridized carbons (Fsp3) is 0.615. The van der Waals surface area contributed by atoms with Crippen LogP contribution in [0.4, 0.5) is 10.3 Å². The van der Waals surface area contributed by atoms with Crippen LogP contribution in [0.15, 0.2) is 12.4 Å². The number of anilines is 1. The van der Waals surface area contributed by atoms with E-state index >= 15 is 0 Å². The van der Waals surface area contributed by atoms with Gasteiger partial charge in [-0.3, -0.25) is 4.79 Å². The van der Waals surface area contributed by atoms with E-state index in [9.17, 15) is 9.18 Å². The molecule has 1 fully saturated rings. The van der Waals surface area contributed by atoms with Gasteiger partial charge in [-0.05, 0) is 19.3 Å². The molecular weight excluding hydrogens is 233 g/mol. The lowest BCUT2D eigenvalue weighted by Crippen LogP contribution is -2.33. The molecule has 1 aliphatic rings. The molecule has 0 spiro atoms. The van der Waals surface area contributed by atoms with Crippen LogP contribution in [0.25, 0.3) is 0 Å². The van der Waals surface area contributed by atoms with Crippen LogP contribution in [-0.2, 0) is 4.79 Å². The Hall–Kier alpha value is -1.52. The fourth-order valence-electron chi connectivity index (χ4n) is 2.29. The minimum atomic E-state index is -0.432. The van der Waals surface area contributed by atoms with Crippen molar-refractivity contribution in [3.63, 3.8) is 0 Å². The van der Waals surface area contributed by atoms with Crippen molar-refractivity contribution in [1.82, 2.24) is 9.97 Å². The Kier molecular flexibility index (Phi) is 3.32. The van der Waals surface area contributed by atoms with Crippen molar-refractivity contribution in [1.29, 1.82) is 0 Å². The fourth-order valence-corrected chi connectivity index (χ4v) is 2.29. The normalized spacial score (nSPS) is 20.2. The first-order valence-corrected chi connectivity index (χ1v) is 6.15. The van der Waals surface area contributed by atoms with Crippen molar-refractivity contribution < 1.29 is 9.18 Å². The van der Waals surface area contributed by atoms with Gasteiger partial charge in [0.15, 0.2) is 5.82 Å². The summed E-state index contributed by atoms with van der Waals surface area (Å²) >= 11 is 0. The lowest BCUT2D eigenvalue weighted by Gasteiger charge is -2.28. The highest BCUT2D eigenvalue weighted by atomic mass is 19.1. The third kappa shape index (κ3) is 2.35. The molecule has 0 aliphatic carbocycles. The highest BCUT2D eigenvalue weighted by molar-refractivity contribution is 5.82. The van der Waals surface area contributed by atoms with Gasteiger partial charge in [0.1, 0.15) is 5.78 Å². The molecule has 98 valence electrons. The molecule has 1 aliphatic heterocycles. The average Bonchev–Trinajstić information content (AvgIpc) is 2.79. The third-order valence-corrected chi connectivity index (χ3v) is 4.01. The number of carbonyl (C=O) groups excluding carboxylic acids is 1. The van der Waals surface area contributed by atoms with Crippen molar-refractivity contribution in [3.05, 3.63) is 18.2 Å². The first-order valence-electron chi connectivity index (χ1n) is 6.15. The molecule has 1 unspecified atom stereocenters. The van der Waals surface area contributed by atoms with Gasteiger partial charge in [0.05, 0.1) is 12.4 Å². The molecule has 2 heterocycles. The van der Waals surface area contributed by atoms with Gasteiger partial charge in [-0.2, -0.15) is 0 Å². The zero-order valence-corrected chi connectivity index (χ0v) is 11.0. The Morgan fingerprint density at radius 3 is 2.61 bits per heavy atom. The molecule has 2 rings (SSSR count). The van der Waals surface area contributed by atoms with Crippen LogP contribution < -0.4 is 4.90 Å². The largest absolute Gasteiger partial charge is 0.341 e. The molecule has 0 amide bonds. The number of aromatic nitrogens is 2. The molecule has 0 aromatic carbocycles. The van der Waals surface area contributed by atoms with Crippen LogP contribution in [0, 0.1) is 17.2 Å². The first-order chi connectivity index (χ1) is 8.41. The van der Waals surface area contributed by atoms with Gasteiger partial charge in [-0.15, -0.1) is 0 Å². The van der Waals surface area contributed by atoms with E-state index in [0.29, 0.717) is 11.9 Å². The molecule has 0 saturated carbocycles. The molecule has 0 radical (unpaired) electrons. The Labute approximate surface area is 106 Å². The molecule has 1 aromatic rings. The van der Waals surface area contributed by atoms with Gasteiger partial charge < -0.3 is 4.90 Å². The maximum atomic E-state index is 12.8. The van der Waals surface area contributed by atoms with E-state index in [1.807, 2.05) is 18.7 Å². The van der Waals surface area contributed by atoms with Gasteiger partial charge in [0.2, 0.25) is 5.95 Å². The molecule has 18 heavy (non-hydrogen) atoms.